The molecule has 0 aromatic heterocycles. The van der Waals surface area contributed by atoms with E-state index < -0.39 is 0 Å². The molecule has 122 valence electrons. The Morgan fingerprint density at radius 2 is 1.75 bits per heavy atom. The lowest BCUT2D eigenvalue weighted by atomic mass is 10.1. The van der Waals surface area contributed by atoms with Crippen LogP contribution in [0.1, 0.15) is 12.5 Å². The fourth-order valence-electron chi connectivity index (χ4n) is 2.45. The van der Waals surface area contributed by atoms with Crippen molar-refractivity contribution in [3.05, 3.63) is 64.0 Å². The molecule has 0 bridgehead atoms. The van der Waals surface area contributed by atoms with Gasteiger partial charge in [-0.25, -0.2) is 4.90 Å². The fraction of sp³-hybridized carbons (Fsp3) is 0.111. The third kappa shape index (κ3) is 2.92. The maximum atomic E-state index is 12.8. The topological polar surface area (TPSA) is 46.6 Å². The zero-order valence-corrected chi connectivity index (χ0v) is 14.6. The van der Waals surface area contributed by atoms with Crippen molar-refractivity contribution in [3.63, 3.8) is 0 Å². The normalized spacial score (nSPS) is 16.5. The zero-order chi connectivity index (χ0) is 17.3. The molecule has 0 atom stereocenters. The smallest absolute Gasteiger partial charge is 0.298 e. The summed E-state index contributed by atoms with van der Waals surface area (Å²) in [6, 6.07) is 14.1. The van der Waals surface area contributed by atoms with Crippen molar-refractivity contribution in [1.29, 1.82) is 0 Å². The number of carbonyl (C=O) groups is 2. The molecular weight excluding hydrogens is 346 g/mol. The lowest BCUT2D eigenvalue weighted by Crippen LogP contribution is -2.28. The van der Waals surface area contributed by atoms with Gasteiger partial charge in [0, 0.05) is 5.02 Å². The van der Waals surface area contributed by atoms with E-state index in [1.165, 1.54) is 7.11 Å². The van der Waals surface area contributed by atoms with Gasteiger partial charge in [0.1, 0.15) is 5.75 Å². The van der Waals surface area contributed by atoms with Gasteiger partial charge < -0.3 is 4.74 Å². The summed E-state index contributed by atoms with van der Waals surface area (Å²) in [5.41, 5.74) is 2.04. The molecule has 0 saturated carbocycles. The molecule has 0 aliphatic carbocycles. The van der Waals surface area contributed by atoms with Crippen LogP contribution in [0, 0.1) is 0 Å². The van der Waals surface area contributed by atoms with Gasteiger partial charge in [0.05, 0.1) is 17.7 Å². The minimum Gasteiger partial charge on any atom is -0.495 e. The number of halogens is 1. The number of allylic oxidation sites excluding steroid dienone is 1. The van der Waals surface area contributed by atoms with E-state index in [2.05, 4.69) is 0 Å². The molecular formula is C18H14ClNO3S. The number of thioether (sulfide) groups is 1. The van der Waals surface area contributed by atoms with Gasteiger partial charge in [0.25, 0.3) is 11.1 Å². The molecule has 1 saturated heterocycles. The number of rotatable bonds is 3. The van der Waals surface area contributed by atoms with Gasteiger partial charge in [-0.1, -0.05) is 35.9 Å². The Balaban J connectivity index is 2.03. The van der Waals surface area contributed by atoms with Gasteiger partial charge >= 0.3 is 0 Å². The molecule has 2 aromatic carbocycles. The number of amides is 2. The number of para-hydroxylation sites is 2. The second-order valence-corrected chi connectivity index (χ2v) is 6.54. The summed E-state index contributed by atoms with van der Waals surface area (Å²) in [5.74, 6) is 0.132. The molecule has 1 aliphatic heterocycles. The molecule has 1 fully saturated rings. The Bertz CT molecular complexity index is 846. The highest BCUT2D eigenvalue weighted by molar-refractivity contribution is 8.19. The van der Waals surface area contributed by atoms with Crippen molar-refractivity contribution in [2.75, 3.05) is 12.0 Å². The zero-order valence-electron chi connectivity index (χ0n) is 13.1. The first-order valence-corrected chi connectivity index (χ1v) is 8.38. The minimum atomic E-state index is -0.345. The predicted octanol–water partition coefficient (Wildman–Crippen LogP) is 4.98. The quantitative estimate of drug-likeness (QED) is 0.725. The average Bonchev–Trinajstić information content (AvgIpc) is 2.89. The standard InChI is InChI=1S/C18H14ClNO3S/c1-11(12-7-9-13(19)10-8-12)16-17(21)20(18(22)24-16)14-5-3-4-6-15(14)23-2/h3-10H,1-2H3/b16-11-. The number of nitrogens with zero attached hydrogens (tertiary/aromatic N) is 1. The number of hydrogen-bond donors (Lipinski definition) is 0. The summed E-state index contributed by atoms with van der Waals surface area (Å²) < 4.78 is 5.26. The van der Waals surface area contributed by atoms with Gasteiger partial charge in [-0.2, -0.15) is 0 Å². The highest BCUT2D eigenvalue weighted by atomic mass is 35.5. The monoisotopic (exact) mass is 359 g/mol. The minimum absolute atomic E-state index is 0.340. The van der Waals surface area contributed by atoms with E-state index in [4.69, 9.17) is 16.3 Å². The van der Waals surface area contributed by atoms with Crippen molar-refractivity contribution >= 4 is 45.8 Å². The number of ether oxygens (including phenoxy) is 1. The van der Waals surface area contributed by atoms with Crippen LogP contribution in [0.4, 0.5) is 10.5 Å². The number of methoxy groups -OCH3 is 1. The second-order valence-electron chi connectivity index (χ2n) is 5.14. The molecule has 0 N–H and O–H groups in total. The van der Waals surface area contributed by atoms with E-state index >= 15 is 0 Å². The lowest BCUT2D eigenvalue weighted by molar-refractivity contribution is -0.113. The summed E-state index contributed by atoms with van der Waals surface area (Å²) in [6.07, 6.45) is 0. The lowest BCUT2D eigenvalue weighted by Gasteiger charge is -2.16. The van der Waals surface area contributed by atoms with Gasteiger partial charge in [-0.3, -0.25) is 9.59 Å². The number of anilines is 1. The van der Waals surface area contributed by atoms with Crippen LogP contribution in [0.25, 0.3) is 5.57 Å². The van der Waals surface area contributed by atoms with Crippen LogP contribution in [-0.2, 0) is 4.79 Å². The summed E-state index contributed by atoms with van der Waals surface area (Å²) in [5, 5.41) is 0.279. The van der Waals surface area contributed by atoms with Crippen LogP contribution >= 0.6 is 23.4 Å². The average molecular weight is 360 g/mol. The first kappa shape index (κ1) is 16.6. The van der Waals surface area contributed by atoms with Crippen molar-refractivity contribution in [1.82, 2.24) is 0 Å². The SMILES string of the molecule is COc1ccccc1N1C(=O)S/C(=C(/C)c2ccc(Cl)cc2)C1=O. The molecule has 1 heterocycles. The van der Waals surface area contributed by atoms with E-state index in [9.17, 15) is 9.59 Å². The second kappa shape index (κ2) is 6.71. The highest BCUT2D eigenvalue weighted by Gasteiger charge is 2.39. The Hall–Kier alpha value is -2.24. The van der Waals surface area contributed by atoms with Crippen LogP contribution in [0.3, 0.4) is 0 Å². The molecule has 6 heteroatoms. The van der Waals surface area contributed by atoms with Gasteiger partial charge in [-0.05, 0) is 54.1 Å². The molecule has 0 spiro atoms. The molecule has 2 amide bonds. The first-order chi connectivity index (χ1) is 11.5. The number of imide groups is 1. The summed E-state index contributed by atoms with van der Waals surface area (Å²) in [6.45, 7) is 1.82. The molecule has 0 radical (unpaired) electrons. The molecule has 2 aromatic rings. The van der Waals surface area contributed by atoms with Crippen LogP contribution in [0.15, 0.2) is 53.4 Å². The Morgan fingerprint density at radius 1 is 1.08 bits per heavy atom. The Kier molecular flexibility index (Phi) is 4.64. The fourth-order valence-corrected chi connectivity index (χ4v) is 3.47. The molecule has 1 aliphatic rings. The molecule has 24 heavy (non-hydrogen) atoms. The molecule has 3 rings (SSSR count). The number of hydrogen-bond acceptors (Lipinski definition) is 4. The Labute approximate surface area is 149 Å². The number of carbonyl (C=O) groups excluding carboxylic acids is 2. The van der Waals surface area contributed by atoms with Gasteiger partial charge in [-0.15, -0.1) is 0 Å². The van der Waals surface area contributed by atoms with Crippen molar-refractivity contribution < 1.29 is 14.3 Å². The molecule has 4 nitrogen and oxygen atoms in total. The summed E-state index contributed by atoms with van der Waals surface area (Å²) in [4.78, 5) is 26.8. The number of benzene rings is 2. The third-order valence-corrected chi connectivity index (χ3v) is 5.01. The maximum absolute atomic E-state index is 12.8. The third-order valence-electron chi connectivity index (χ3n) is 3.71. The van der Waals surface area contributed by atoms with E-state index in [0.717, 1.165) is 27.8 Å². The summed E-state index contributed by atoms with van der Waals surface area (Å²) >= 11 is 6.83. The van der Waals surface area contributed by atoms with Crippen LogP contribution in [-0.4, -0.2) is 18.3 Å². The highest BCUT2D eigenvalue weighted by Crippen LogP contribution is 2.41. The van der Waals surface area contributed by atoms with Gasteiger partial charge in [0.2, 0.25) is 0 Å². The predicted molar refractivity (Wildman–Crippen MR) is 97.5 cm³/mol. The first-order valence-electron chi connectivity index (χ1n) is 7.19. The maximum Gasteiger partial charge on any atom is 0.298 e. The van der Waals surface area contributed by atoms with E-state index in [-0.39, 0.29) is 11.1 Å². The Morgan fingerprint density at radius 3 is 2.42 bits per heavy atom. The largest absolute Gasteiger partial charge is 0.495 e. The summed E-state index contributed by atoms with van der Waals surface area (Å²) in [7, 11) is 1.51. The van der Waals surface area contributed by atoms with Crippen molar-refractivity contribution in [3.8, 4) is 5.75 Å². The van der Waals surface area contributed by atoms with Crippen LogP contribution in [0.5, 0.6) is 5.75 Å². The van der Waals surface area contributed by atoms with Crippen molar-refractivity contribution in [2.24, 2.45) is 0 Å². The van der Waals surface area contributed by atoms with E-state index in [0.29, 0.717) is 21.4 Å². The molecule has 0 unspecified atom stereocenters. The van der Waals surface area contributed by atoms with Crippen LogP contribution < -0.4 is 9.64 Å². The van der Waals surface area contributed by atoms with E-state index in [1.54, 1.807) is 36.4 Å². The van der Waals surface area contributed by atoms with Gasteiger partial charge in [0.15, 0.2) is 0 Å². The van der Waals surface area contributed by atoms with E-state index in [1.807, 2.05) is 19.1 Å². The van der Waals surface area contributed by atoms with Crippen LogP contribution in [0.2, 0.25) is 5.02 Å². The van der Waals surface area contributed by atoms with Crippen molar-refractivity contribution in [2.45, 2.75) is 6.92 Å².